The Labute approximate surface area is 423 Å². The Morgan fingerprint density at radius 1 is 0.500 bits per heavy atom. The number of hydrogen-bond donors (Lipinski definition) is 9. The summed E-state index contributed by atoms with van der Waals surface area (Å²) < 4.78 is 22.6. The SMILES string of the molecule is CCC/C=C/CC/C=C/C(O)C(COC1OC(CO)C(OC2OC(CO)C(O)C(O)C2O)C(O)C1O)NC(=O)CCCCCCCCCCCCCCCCCCC/C=C\CCCCCCCCCC. The monoisotopic (exact) mass is 998 g/mol. The fourth-order valence-corrected chi connectivity index (χ4v) is 9.19. The molecule has 14 nitrogen and oxygen atoms in total. The van der Waals surface area contributed by atoms with Crippen LogP contribution in [0.15, 0.2) is 36.5 Å². The normalized spacial score (nSPS) is 26.2. The molecule has 12 unspecified atom stereocenters. The number of allylic oxidation sites excluding steroid dienone is 5. The first kappa shape index (κ1) is 64.3. The number of nitrogens with one attached hydrogen (secondary N) is 1. The van der Waals surface area contributed by atoms with Crippen molar-refractivity contribution in [2.75, 3.05) is 19.8 Å². The molecule has 0 aliphatic carbocycles. The van der Waals surface area contributed by atoms with Gasteiger partial charge in [0.2, 0.25) is 5.91 Å². The van der Waals surface area contributed by atoms with E-state index in [-0.39, 0.29) is 18.9 Å². The van der Waals surface area contributed by atoms with Crippen LogP contribution in [0.5, 0.6) is 0 Å². The molecule has 12 atom stereocenters. The summed E-state index contributed by atoms with van der Waals surface area (Å²) in [5, 5.41) is 86.5. The molecule has 2 heterocycles. The van der Waals surface area contributed by atoms with E-state index in [1.165, 1.54) is 148 Å². The highest BCUT2D eigenvalue weighted by Crippen LogP contribution is 2.30. The predicted octanol–water partition coefficient (Wildman–Crippen LogP) is 8.66. The lowest BCUT2D eigenvalue weighted by Crippen LogP contribution is -2.65. The quantitative estimate of drug-likeness (QED) is 0.0206. The van der Waals surface area contributed by atoms with E-state index in [0.29, 0.717) is 12.8 Å². The minimum Gasteiger partial charge on any atom is -0.394 e. The highest BCUT2D eigenvalue weighted by molar-refractivity contribution is 5.76. The van der Waals surface area contributed by atoms with Gasteiger partial charge < -0.3 is 65.1 Å². The molecular weight excluding hydrogens is 895 g/mol. The van der Waals surface area contributed by atoms with Crippen molar-refractivity contribution in [1.29, 1.82) is 0 Å². The molecule has 0 spiro atoms. The Bertz CT molecular complexity index is 1320. The molecule has 14 heteroatoms. The van der Waals surface area contributed by atoms with Crippen LogP contribution in [-0.4, -0.2) is 140 Å². The molecule has 2 fully saturated rings. The zero-order valence-corrected chi connectivity index (χ0v) is 43.8. The summed E-state index contributed by atoms with van der Waals surface area (Å²) >= 11 is 0. The van der Waals surface area contributed by atoms with Crippen LogP contribution in [0, 0.1) is 0 Å². The molecule has 0 bridgehead atoms. The topological polar surface area (TPSA) is 228 Å². The molecule has 0 aromatic rings. The van der Waals surface area contributed by atoms with Crippen LogP contribution in [0.2, 0.25) is 0 Å². The van der Waals surface area contributed by atoms with Crippen LogP contribution >= 0.6 is 0 Å². The van der Waals surface area contributed by atoms with Crippen molar-refractivity contribution in [2.24, 2.45) is 0 Å². The number of aliphatic hydroxyl groups excluding tert-OH is 8. The van der Waals surface area contributed by atoms with Gasteiger partial charge in [-0.2, -0.15) is 0 Å². The smallest absolute Gasteiger partial charge is 0.220 e. The van der Waals surface area contributed by atoms with Gasteiger partial charge in [-0.15, -0.1) is 0 Å². The Morgan fingerprint density at radius 2 is 0.943 bits per heavy atom. The molecule has 2 rings (SSSR count). The lowest BCUT2D eigenvalue weighted by molar-refractivity contribution is -0.359. The molecule has 9 N–H and O–H groups in total. The van der Waals surface area contributed by atoms with Gasteiger partial charge in [-0.25, -0.2) is 0 Å². The number of rotatable bonds is 44. The van der Waals surface area contributed by atoms with Crippen LogP contribution < -0.4 is 5.32 Å². The molecule has 0 aromatic carbocycles. The third kappa shape index (κ3) is 28.6. The highest BCUT2D eigenvalue weighted by Gasteiger charge is 2.51. The molecule has 410 valence electrons. The molecular formula is C56H103NO13. The van der Waals surface area contributed by atoms with Gasteiger partial charge in [-0.1, -0.05) is 198 Å². The maximum atomic E-state index is 13.1. The second kappa shape index (κ2) is 42.6. The van der Waals surface area contributed by atoms with Crippen molar-refractivity contribution in [3.05, 3.63) is 36.5 Å². The summed E-state index contributed by atoms with van der Waals surface area (Å²) in [6, 6.07) is -0.926. The van der Waals surface area contributed by atoms with E-state index in [1.54, 1.807) is 6.08 Å². The Hall–Kier alpha value is -1.79. The lowest BCUT2D eigenvalue weighted by Gasteiger charge is -2.46. The second-order valence-corrected chi connectivity index (χ2v) is 20.1. The fraction of sp³-hybridized carbons (Fsp3) is 0.875. The van der Waals surface area contributed by atoms with Gasteiger partial charge >= 0.3 is 0 Å². The first-order valence-electron chi connectivity index (χ1n) is 28.2. The van der Waals surface area contributed by atoms with Crippen molar-refractivity contribution >= 4 is 5.91 Å². The maximum absolute atomic E-state index is 13.1. The minimum absolute atomic E-state index is 0.252. The van der Waals surface area contributed by atoms with Crippen LogP contribution in [0.4, 0.5) is 0 Å². The van der Waals surface area contributed by atoms with Crippen molar-refractivity contribution in [1.82, 2.24) is 5.32 Å². The summed E-state index contributed by atoms with van der Waals surface area (Å²) in [6.45, 7) is 2.66. The Balaban J connectivity index is 1.62. The van der Waals surface area contributed by atoms with Crippen molar-refractivity contribution in [3.63, 3.8) is 0 Å². The van der Waals surface area contributed by atoms with Gasteiger partial charge in [0.05, 0.1) is 32.0 Å². The van der Waals surface area contributed by atoms with Crippen LogP contribution in [0.1, 0.15) is 219 Å². The van der Waals surface area contributed by atoms with Gasteiger partial charge in [0, 0.05) is 6.42 Å². The average molecular weight is 998 g/mol. The van der Waals surface area contributed by atoms with E-state index in [0.717, 1.165) is 38.5 Å². The number of carbonyl (C=O) groups excluding carboxylic acids is 1. The molecule has 0 aromatic heterocycles. The maximum Gasteiger partial charge on any atom is 0.220 e. The molecule has 0 saturated carbocycles. The average Bonchev–Trinajstić information content (AvgIpc) is 3.36. The molecule has 1 amide bonds. The fourth-order valence-electron chi connectivity index (χ4n) is 9.19. The van der Waals surface area contributed by atoms with Gasteiger partial charge in [0.1, 0.15) is 48.8 Å². The zero-order valence-electron chi connectivity index (χ0n) is 43.8. The number of carbonyl (C=O) groups is 1. The Morgan fingerprint density at radius 3 is 1.46 bits per heavy atom. The number of amides is 1. The number of hydrogen-bond acceptors (Lipinski definition) is 13. The van der Waals surface area contributed by atoms with Crippen molar-refractivity contribution in [3.8, 4) is 0 Å². The van der Waals surface area contributed by atoms with Crippen LogP contribution in [0.3, 0.4) is 0 Å². The third-order valence-electron chi connectivity index (χ3n) is 13.8. The van der Waals surface area contributed by atoms with Crippen molar-refractivity contribution in [2.45, 2.75) is 293 Å². The van der Waals surface area contributed by atoms with E-state index < -0.39 is 86.8 Å². The standard InChI is InChI=1S/C56H103NO13/c1-3-5-7-9-11-12-13-14-15-16-17-18-19-20-21-22-23-24-25-26-27-28-29-30-31-32-34-36-38-40-48(61)57-44(45(60)39-37-35-33-10-8-6-4-2)43-67-55-53(66)51(64)54(47(42-59)69-55)70-56-52(65)50(63)49(62)46(41-58)68-56/h8,10,16-17,37,39,44-47,49-56,58-60,62-66H,3-7,9,11-15,18-36,38,40-43H2,1-2H3,(H,57,61)/b10-8+,17-16-,39-37+. The first-order valence-corrected chi connectivity index (χ1v) is 28.2. The molecule has 2 aliphatic rings. The number of ether oxygens (including phenoxy) is 4. The first-order chi connectivity index (χ1) is 34.1. The van der Waals surface area contributed by atoms with E-state index in [1.807, 2.05) is 6.08 Å². The molecule has 0 radical (unpaired) electrons. The second-order valence-electron chi connectivity index (χ2n) is 20.1. The minimum atomic E-state index is -1.79. The highest BCUT2D eigenvalue weighted by atomic mass is 16.7. The van der Waals surface area contributed by atoms with Crippen LogP contribution in [-0.2, 0) is 23.7 Å². The van der Waals surface area contributed by atoms with Gasteiger partial charge in [0.25, 0.3) is 0 Å². The summed E-state index contributed by atoms with van der Waals surface area (Å²) in [6.07, 6.45) is 34.0. The molecule has 2 aliphatic heterocycles. The summed E-state index contributed by atoms with van der Waals surface area (Å²) in [7, 11) is 0. The van der Waals surface area contributed by atoms with E-state index >= 15 is 0 Å². The van der Waals surface area contributed by atoms with Crippen LogP contribution in [0.25, 0.3) is 0 Å². The number of unbranched alkanes of at least 4 members (excludes halogenated alkanes) is 27. The zero-order chi connectivity index (χ0) is 51.0. The third-order valence-corrected chi connectivity index (χ3v) is 13.8. The van der Waals surface area contributed by atoms with E-state index in [4.69, 9.17) is 18.9 Å². The van der Waals surface area contributed by atoms with Gasteiger partial charge in [0.15, 0.2) is 12.6 Å². The van der Waals surface area contributed by atoms with E-state index in [2.05, 4.69) is 43.5 Å². The summed E-state index contributed by atoms with van der Waals surface area (Å²) in [5.41, 5.74) is 0. The molecule has 2 saturated heterocycles. The van der Waals surface area contributed by atoms with Crippen molar-refractivity contribution < 1.29 is 64.6 Å². The van der Waals surface area contributed by atoms with Gasteiger partial charge in [-0.3, -0.25) is 4.79 Å². The Kier molecular flexibility index (Phi) is 39.1. The molecule has 70 heavy (non-hydrogen) atoms. The van der Waals surface area contributed by atoms with E-state index in [9.17, 15) is 45.6 Å². The largest absolute Gasteiger partial charge is 0.394 e. The van der Waals surface area contributed by atoms with Gasteiger partial charge in [-0.05, 0) is 51.4 Å². The summed E-state index contributed by atoms with van der Waals surface area (Å²) in [4.78, 5) is 13.1. The predicted molar refractivity (Wildman–Crippen MR) is 277 cm³/mol. The summed E-state index contributed by atoms with van der Waals surface area (Å²) in [5.74, 6) is -0.252. The number of aliphatic hydroxyl groups is 8. The lowest BCUT2D eigenvalue weighted by atomic mass is 9.97.